The Hall–Kier alpha value is -1.87. The second-order valence-electron chi connectivity index (χ2n) is 7.75. The molecule has 0 aromatic heterocycles. The molecule has 2 atom stereocenters. The van der Waals surface area contributed by atoms with E-state index in [0.29, 0.717) is 30.0 Å². The zero-order valence-electron chi connectivity index (χ0n) is 16.5. The number of aliphatic hydroxyl groups excluding tert-OH is 1. The minimum absolute atomic E-state index is 0. The first-order valence-corrected chi connectivity index (χ1v) is 10.1. The Balaban J connectivity index is 0.00000272. The monoisotopic (exact) mass is 478 g/mol. The highest BCUT2D eigenvalue weighted by molar-refractivity contribution is 6.30. The van der Waals surface area contributed by atoms with E-state index in [2.05, 4.69) is 5.32 Å². The predicted molar refractivity (Wildman–Crippen MR) is 115 cm³/mol. The molecule has 4 rings (SSSR count). The molecule has 2 aromatic rings. The fourth-order valence-corrected chi connectivity index (χ4v) is 4.22. The van der Waals surface area contributed by atoms with Crippen LogP contribution in [0, 0.1) is 17.5 Å². The number of piperidine rings is 1. The van der Waals surface area contributed by atoms with Crippen molar-refractivity contribution in [1.29, 1.82) is 0 Å². The zero-order chi connectivity index (χ0) is 21.5. The van der Waals surface area contributed by atoms with Crippen LogP contribution >= 0.6 is 24.0 Å². The molecule has 0 radical (unpaired) electrons. The smallest absolute Gasteiger partial charge is 0.151 e. The van der Waals surface area contributed by atoms with Crippen molar-refractivity contribution < 1.29 is 28.1 Å². The van der Waals surface area contributed by atoms with E-state index in [0.717, 1.165) is 18.6 Å². The maximum atomic E-state index is 14.2. The maximum absolute atomic E-state index is 14.2. The standard InChI is InChI=1S/C21H22ClF3N2O3.ClH/c22-12-8-15(24)20(16(25)9-12)27-7-5-21(29,18(28)10-27)11-30-17-4-3-14(23)19-13(17)2-1-6-26-19;/h3-4,8-9,18,26,28-29H,1-2,5-7,10-11H2;1H/t18-,21-;/m1./s1. The lowest BCUT2D eigenvalue weighted by atomic mass is 9.89. The summed E-state index contributed by atoms with van der Waals surface area (Å²) in [6, 6.07) is 4.80. The predicted octanol–water partition coefficient (Wildman–Crippen LogP) is 3.92. The van der Waals surface area contributed by atoms with E-state index in [1.165, 1.54) is 17.0 Å². The fourth-order valence-electron chi connectivity index (χ4n) is 4.03. The molecule has 0 bridgehead atoms. The van der Waals surface area contributed by atoms with Gasteiger partial charge in [0.1, 0.15) is 35.6 Å². The molecule has 31 heavy (non-hydrogen) atoms. The van der Waals surface area contributed by atoms with Crippen LogP contribution in [0.15, 0.2) is 24.3 Å². The number of hydrogen-bond donors (Lipinski definition) is 3. The molecule has 0 saturated carbocycles. The number of anilines is 2. The molecule has 2 aliphatic rings. The lowest BCUT2D eigenvalue weighted by Crippen LogP contribution is -2.58. The average molecular weight is 479 g/mol. The molecule has 0 aliphatic carbocycles. The summed E-state index contributed by atoms with van der Waals surface area (Å²) in [7, 11) is 0. The average Bonchev–Trinajstić information content (AvgIpc) is 2.70. The first-order valence-electron chi connectivity index (χ1n) is 9.76. The van der Waals surface area contributed by atoms with Gasteiger partial charge in [0.15, 0.2) is 11.6 Å². The van der Waals surface area contributed by atoms with Crippen LogP contribution in [-0.2, 0) is 6.42 Å². The SMILES string of the molecule is Cl.O[C@@H]1CN(c2c(F)cc(Cl)cc2F)CC[C@@]1(O)COc1ccc(F)c2c1CCCN2. The summed E-state index contributed by atoms with van der Waals surface area (Å²) in [5.74, 6) is -1.59. The third-order valence-electron chi connectivity index (χ3n) is 5.73. The first-order chi connectivity index (χ1) is 14.3. The van der Waals surface area contributed by atoms with E-state index in [1.54, 1.807) is 0 Å². The number of β-amino-alcohol motifs (C(OH)–C–C–N with tert-alkyl or cyclic N) is 1. The van der Waals surface area contributed by atoms with Gasteiger partial charge in [-0.05, 0) is 43.5 Å². The van der Waals surface area contributed by atoms with Crippen molar-refractivity contribution in [3.05, 3.63) is 52.3 Å². The summed E-state index contributed by atoms with van der Waals surface area (Å²) in [6.07, 6.45) is 0.180. The molecule has 3 N–H and O–H groups in total. The fraction of sp³-hybridized carbons (Fsp3) is 0.429. The number of hydrogen-bond acceptors (Lipinski definition) is 5. The summed E-state index contributed by atoms with van der Waals surface area (Å²) in [6.45, 7) is 0.364. The summed E-state index contributed by atoms with van der Waals surface area (Å²) in [4.78, 5) is 1.34. The highest BCUT2D eigenvalue weighted by Gasteiger charge is 2.42. The highest BCUT2D eigenvalue weighted by Crippen LogP contribution is 2.36. The van der Waals surface area contributed by atoms with Crippen molar-refractivity contribution in [2.45, 2.75) is 31.0 Å². The van der Waals surface area contributed by atoms with Gasteiger partial charge in [0.2, 0.25) is 0 Å². The van der Waals surface area contributed by atoms with Gasteiger partial charge in [0.05, 0.1) is 5.69 Å². The van der Waals surface area contributed by atoms with Crippen molar-refractivity contribution >= 4 is 35.4 Å². The first kappa shape index (κ1) is 23.8. The second kappa shape index (κ2) is 9.32. The van der Waals surface area contributed by atoms with E-state index in [4.69, 9.17) is 16.3 Å². The summed E-state index contributed by atoms with van der Waals surface area (Å²) in [5, 5.41) is 24.4. The Bertz CT molecular complexity index is 943. The van der Waals surface area contributed by atoms with E-state index in [-0.39, 0.29) is 55.1 Å². The molecule has 0 spiro atoms. The van der Waals surface area contributed by atoms with Crippen molar-refractivity contribution in [2.75, 3.05) is 36.5 Å². The zero-order valence-corrected chi connectivity index (χ0v) is 18.1. The number of ether oxygens (including phenoxy) is 1. The van der Waals surface area contributed by atoms with E-state index < -0.39 is 23.3 Å². The Morgan fingerprint density at radius 1 is 1.19 bits per heavy atom. The van der Waals surface area contributed by atoms with Gasteiger partial charge in [0.25, 0.3) is 0 Å². The molecule has 5 nitrogen and oxygen atoms in total. The summed E-state index contributed by atoms with van der Waals surface area (Å²) < 4.78 is 48.2. The van der Waals surface area contributed by atoms with Gasteiger partial charge < -0.3 is 25.2 Å². The number of halogens is 5. The molecule has 2 aromatic carbocycles. The van der Waals surface area contributed by atoms with Crippen LogP contribution in [0.3, 0.4) is 0 Å². The van der Waals surface area contributed by atoms with E-state index >= 15 is 0 Å². The lowest BCUT2D eigenvalue weighted by Gasteiger charge is -2.42. The van der Waals surface area contributed by atoms with Crippen molar-refractivity contribution in [1.82, 2.24) is 0 Å². The molecule has 10 heteroatoms. The van der Waals surface area contributed by atoms with Crippen molar-refractivity contribution in [3.8, 4) is 5.75 Å². The third kappa shape index (κ3) is 4.67. The van der Waals surface area contributed by atoms with Gasteiger partial charge in [-0.15, -0.1) is 12.4 Å². The van der Waals surface area contributed by atoms with Crippen LogP contribution < -0.4 is 15.0 Å². The Morgan fingerprint density at radius 3 is 2.58 bits per heavy atom. The second-order valence-corrected chi connectivity index (χ2v) is 8.19. The van der Waals surface area contributed by atoms with Crippen molar-refractivity contribution in [3.63, 3.8) is 0 Å². The van der Waals surface area contributed by atoms with Gasteiger partial charge >= 0.3 is 0 Å². The van der Waals surface area contributed by atoms with Gasteiger partial charge in [-0.25, -0.2) is 13.2 Å². The van der Waals surface area contributed by atoms with Gasteiger partial charge in [-0.2, -0.15) is 0 Å². The third-order valence-corrected chi connectivity index (χ3v) is 5.95. The van der Waals surface area contributed by atoms with Crippen LogP contribution in [0.5, 0.6) is 5.75 Å². The Labute approximate surface area is 189 Å². The Kier molecular flexibility index (Phi) is 7.15. The quantitative estimate of drug-likeness (QED) is 0.621. The number of fused-ring (bicyclic) bond motifs is 1. The van der Waals surface area contributed by atoms with Gasteiger partial charge in [0, 0.05) is 30.2 Å². The van der Waals surface area contributed by atoms with Crippen LogP contribution in [-0.4, -0.2) is 48.2 Å². The molecule has 1 fully saturated rings. The van der Waals surface area contributed by atoms with E-state index in [1.807, 2.05) is 0 Å². The summed E-state index contributed by atoms with van der Waals surface area (Å²) in [5.41, 5.74) is -0.809. The molecular weight excluding hydrogens is 456 g/mol. The molecule has 2 aliphatic heterocycles. The van der Waals surface area contributed by atoms with Crippen LogP contribution in [0.25, 0.3) is 0 Å². The number of nitrogens with one attached hydrogen (secondary N) is 1. The number of nitrogens with zero attached hydrogens (tertiary/aromatic N) is 1. The minimum atomic E-state index is -1.61. The molecular formula is C21H23Cl2F3N2O3. The topological polar surface area (TPSA) is 65.0 Å². The lowest BCUT2D eigenvalue weighted by molar-refractivity contribution is -0.109. The maximum Gasteiger partial charge on any atom is 0.151 e. The number of rotatable bonds is 4. The molecule has 0 unspecified atom stereocenters. The van der Waals surface area contributed by atoms with Crippen LogP contribution in [0.4, 0.5) is 24.5 Å². The number of aliphatic hydroxyl groups is 2. The molecule has 1 saturated heterocycles. The van der Waals surface area contributed by atoms with Crippen LogP contribution in [0.2, 0.25) is 5.02 Å². The largest absolute Gasteiger partial charge is 0.490 e. The number of benzene rings is 2. The minimum Gasteiger partial charge on any atom is -0.490 e. The molecule has 2 heterocycles. The Morgan fingerprint density at radius 2 is 1.90 bits per heavy atom. The van der Waals surface area contributed by atoms with Gasteiger partial charge in [-0.1, -0.05) is 11.6 Å². The normalized spacial score (nSPS) is 22.9. The van der Waals surface area contributed by atoms with E-state index in [9.17, 15) is 23.4 Å². The van der Waals surface area contributed by atoms with Crippen molar-refractivity contribution in [2.24, 2.45) is 0 Å². The molecule has 0 amide bonds. The summed E-state index contributed by atoms with van der Waals surface area (Å²) >= 11 is 5.66. The van der Waals surface area contributed by atoms with Crippen LogP contribution in [0.1, 0.15) is 18.4 Å². The highest BCUT2D eigenvalue weighted by atomic mass is 35.5. The van der Waals surface area contributed by atoms with Gasteiger partial charge in [-0.3, -0.25) is 0 Å². The molecule has 170 valence electrons.